The molecule has 2 heteroatoms. The van der Waals surface area contributed by atoms with Crippen LogP contribution in [0.5, 0.6) is 0 Å². The number of hydrogen-bond acceptors (Lipinski definition) is 2. The summed E-state index contributed by atoms with van der Waals surface area (Å²) in [6.45, 7) is 11.6. The molecule has 2 nitrogen and oxygen atoms in total. The van der Waals surface area contributed by atoms with Crippen LogP contribution in [-0.4, -0.2) is 37.1 Å². The number of nitrogens with zero attached hydrogens (tertiary/aromatic N) is 1. The van der Waals surface area contributed by atoms with Crippen molar-refractivity contribution in [2.75, 3.05) is 26.2 Å². The first kappa shape index (κ1) is 13.5. The zero-order valence-electron chi connectivity index (χ0n) is 11.1. The van der Waals surface area contributed by atoms with Gasteiger partial charge in [0.05, 0.1) is 0 Å². The zero-order chi connectivity index (χ0) is 12.0. The van der Waals surface area contributed by atoms with E-state index in [9.17, 15) is 0 Å². The summed E-state index contributed by atoms with van der Waals surface area (Å²) in [6.07, 6.45) is 8.58. The summed E-state index contributed by atoms with van der Waals surface area (Å²) < 4.78 is 0. The highest BCUT2D eigenvalue weighted by atomic mass is 15.2. The summed E-state index contributed by atoms with van der Waals surface area (Å²) in [5, 5.41) is 3.62. The zero-order valence-corrected chi connectivity index (χ0v) is 11.1. The standard InChI is InChI=1S/C14H26N2/c1-5-6-7-8-10-16-11-9-15-13(12-16)14(2,3)4/h1,13,15H,6-12H2,2-4H3. The second-order valence-corrected chi connectivity index (χ2v) is 5.83. The van der Waals surface area contributed by atoms with Crippen LogP contribution in [0.25, 0.3) is 0 Å². The number of piperazine rings is 1. The van der Waals surface area contributed by atoms with E-state index in [0.717, 1.165) is 13.0 Å². The summed E-state index contributed by atoms with van der Waals surface area (Å²) in [6, 6.07) is 0.619. The van der Waals surface area contributed by atoms with Gasteiger partial charge >= 0.3 is 0 Å². The number of nitrogens with one attached hydrogen (secondary N) is 1. The molecule has 1 heterocycles. The second-order valence-electron chi connectivity index (χ2n) is 5.83. The first-order valence-electron chi connectivity index (χ1n) is 6.43. The van der Waals surface area contributed by atoms with Crippen molar-refractivity contribution in [2.24, 2.45) is 5.41 Å². The van der Waals surface area contributed by atoms with Crippen LogP contribution in [0, 0.1) is 17.8 Å². The Morgan fingerprint density at radius 3 is 2.75 bits per heavy atom. The minimum Gasteiger partial charge on any atom is -0.311 e. The molecule has 0 spiro atoms. The second kappa shape index (κ2) is 6.27. The molecule has 0 radical (unpaired) electrons. The molecule has 1 atom stereocenters. The van der Waals surface area contributed by atoms with Crippen molar-refractivity contribution in [3.8, 4) is 12.3 Å². The molecular weight excluding hydrogens is 196 g/mol. The van der Waals surface area contributed by atoms with Gasteiger partial charge in [0.1, 0.15) is 0 Å². The SMILES string of the molecule is C#CCCCCN1CCNC(C(C)(C)C)C1. The van der Waals surface area contributed by atoms with Crippen molar-refractivity contribution in [2.45, 2.75) is 46.1 Å². The van der Waals surface area contributed by atoms with Gasteiger partial charge in [-0.3, -0.25) is 0 Å². The molecule has 0 aromatic carbocycles. The Labute approximate surface area is 101 Å². The van der Waals surface area contributed by atoms with Crippen molar-refractivity contribution in [3.05, 3.63) is 0 Å². The summed E-state index contributed by atoms with van der Waals surface area (Å²) in [5.74, 6) is 2.71. The number of terminal acetylenes is 1. The molecule has 0 aromatic heterocycles. The average molecular weight is 222 g/mol. The molecule has 0 bridgehead atoms. The van der Waals surface area contributed by atoms with E-state index in [4.69, 9.17) is 6.42 Å². The minimum absolute atomic E-state index is 0.359. The maximum absolute atomic E-state index is 5.25. The largest absolute Gasteiger partial charge is 0.311 e. The lowest BCUT2D eigenvalue weighted by Crippen LogP contribution is -2.55. The molecule has 1 fully saturated rings. The van der Waals surface area contributed by atoms with Gasteiger partial charge in [-0.05, 0) is 24.8 Å². The van der Waals surface area contributed by atoms with Gasteiger partial charge in [-0.15, -0.1) is 12.3 Å². The highest BCUT2D eigenvalue weighted by molar-refractivity contribution is 4.87. The Morgan fingerprint density at radius 1 is 1.38 bits per heavy atom. The van der Waals surface area contributed by atoms with Gasteiger partial charge in [0.2, 0.25) is 0 Å². The van der Waals surface area contributed by atoms with Crippen LogP contribution >= 0.6 is 0 Å². The molecule has 0 amide bonds. The maximum atomic E-state index is 5.25. The quantitative estimate of drug-likeness (QED) is 0.579. The topological polar surface area (TPSA) is 15.3 Å². The average Bonchev–Trinajstić information content (AvgIpc) is 2.24. The van der Waals surface area contributed by atoms with Crippen molar-refractivity contribution < 1.29 is 0 Å². The predicted octanol–water partition coefficient (Wildman–Crippen LogP) is 2.11. The van der Waals surface area contributed by atoms with Crippen LogP contribution in [0.3, 0.4) is 0 Å². The third kappa shape index (κ3) is 4.55. The normalized spacial score (nSPS) is 23.0. The number of hydrogen-bond donors (Lipinski definition) is 1. The van der Waals surface area contributed by atoms with E-state index in [-0.39, 0.29) is 0 Å². The summed E-state index contributed by atoms with van der Waals surface area (Å²) in [5.41, 5.74) is 0.359. The molecule has 16 heavy (non-hydrogen) atoms. The van der Waals surface area contributed by atoms with Crippen LogP contribution in [0.2, 0.25) is 0 Å². The smallest absolute Gasteiger partial charge is 0.0244 e. The first-order chi connectivity index (χ1) is 7.54. The van der Waals surface area contributed by atoms with Gasteiger partial charge < -0.3 is 10.2 Å². The van der Waals surface area contributed by atoms with Gasteiger partial charge in [0.25, 0.3) is 0 Å². The van der Waals surface area contributed by atoms with E-state index >= 15 is 0 Å². The summed E-state index contributed by atoms with van der Waals surface area (Å²) in [4.78, 5) is 2.57. The molecule has 1 N–H and O–H groups in total. The lowest BCUT2D eigenvalue weighted by atomic mass is 9.85. The Balaban J connectivity index is 2.26. The third-order valence-corrected chi connectivity index (χ3v) is 3.35. The lowest BCUT2D eigenvalue weighted by Gasteiger charge is -2.40. The fraction of sp³-hybridized carbons (Fsp3) is 0.857. The predicted molar refractivity (Wildman–Crippen MR) is 70.4 cm³/mol. The molecule has 92 valence electrons. The van der Waals surface area contributed by atoms with Crippen molar-refractivity contribution in [1.29, 1.82) is 0 Å². The van der Waals surface area contributed by atoms with Crippen molar-refractivity contribution in [1.82, 2.24) is 10.2 Å². The highest BCUT2D eigenvalue weighted by Gasteiger charge is 2.28. The summed E-state index contributed by atoms with van der Waals surface area (Å²) >= 11 is 0. The van der Waals surface area contributed by atoms with E-state index in [1.165, 1.54) is 32.5 Å². The molecule has 1 unspecified atom stereocenters. The van der Waals surface area contributed by atoms with E-state index < -0.39 is 0 Å². The Morgan fingerprint density at radius 2 is 2.12 bits per heavy atom. The van der Waals surface area contributed by atoms with Gasteiger partial charge in [-0.1, -0.05) is 20.8 Å². The van der Waals surface area contributed by atoms with Crippen LogP contribution in [0.15, 0.2) is 0 Å². The van der Waals surface area contributed by atoms with E-state index in [1.54, 1.807) is 0 Å². The number of unbranched alkanes of at least 4 members (excludes halogenated alkanes) is 2. The fourth-order valence-corrected chi connectivity index (χ4v) is 2.16. The van der Waals surface area contributed by atoms with Crippen LogP contribution < -0.4 is 5.32 Å². The third-order valence-electron chi connectivity index (χ3n) is 3.35. The molecule has 1 rings (SSSR count). The first-order valence-corrected chi connectivity index (χ1v) is 6.43. The highest BCUT2D eigenvalue weighted by Crippen LogP contribution is 2.21. The number of rotatable bonds is 4. The lowest BCUT2D eigenvalue weighted by molar-refractivity contribution is 0.133. The Bertz CT molecular complexity index is 234. The minimum atomic E-state index is 0.359. The van der Waals surface area contributed by atoms with Gasteiger partial charge in [0.15, 0.2) is 0 Å². The molecule has 1 saturated heterocycles. The Hall–Kier alpha value is -0.520. The fourth-order valence-electron chi connectivity index (χ4n) is 2.16. The van der Waals surface area contributed by atoms with Gasteiger partial charge in [-0.2, -0.15) is 0 Å². The molecule has 0 aliphatic carbocycles. The van der Waals surface area contributed by atoms with Gasteiger partial charge in [-0.25, -0.2) is 0 Å². The van der Waals surface area contributed by atoms with E-state index in [0.29, 0.717) is 11.5 Å². The van der Waals surface area contributed by atoms with Crippen LogP contribution in [-0.2, 0) is 0 Å². The molecular formula is C14H26N2. The molecule has 0 aromatic rings. The van der Waals surface area contributed by atoms with Crippen molar-refractivity contribution >= 4 is 0 Å². The van der Waals surface area contributed by atoms with Gasteiger partial charge in [0, 0.05) is 32.1 Å². The van der Waals surface area contributed by atoms with Crippen LogP contribution in [0.1, 0.15) is 40.0 Å². The maximum Gasteiger partial charge on any atom is 0.0244 e. The van der Waals surface area contributed by atoms with Crippen LogP contribution in [0.4, 0.5) is 0 Å². The van der Waals surface area contributed by atoms with Crippen molar-refractivity contribution in [3.63, 3.8) is 0 Å². The molecule has 1 aliphatic rings. The monoisotopic (exact) mass is 222 g/mol. The van der Waals surface area contributed by atoms with E-state index in [2.05, 4.69) is 36.9 Å². The summed E-state index contributed by atoms with van der Waals surface area (Å²) in [7, 11) is 0. The molecule has 1 aliphatic heterocycles. The Kier molecular flexibility index (Phi) is 5.31. The van der Waals surface area contributed by atoms with E-state index in [1.807, 2.05) is 0 Å². The molecule has 0 saturated carbocycles.